The fourth-order valence-electron chi connectivity index (χ4n) is 1.53. The summed E-state index contributed by atoms with van der Waals surface area (Å²) in [5.41, 5.74) is 7.23. The molecule has 88 valence electrons. The van der Waals surface area contributed by atoms with E-state index in [9.17, 15) is 4.79 Å². The van der Waals surface area contributed by atoms with E-state index in [4.69, 9.17) is 5.73 Å². The normalized spacial score (nSPS) is 10.4. The van der Waals surface area contributed by atoms with Crippen molar-refractivity contribution in [2.24, 2.45) is 5.73 Å². The summed E-state index contributed by atoms with van der Waals surface area (Å²) in [6.07, 6.45) is 5.29. The van der Waals surface area contributed by atoms with Crippen molar-refractivity contribution in [1.29, 1.82) is 0 Å². The number of hydrogen-bond acceptors (Lipinski definition) is 4. The number of carbonyl (C=O) groups is 1. The Morgan fingerprint density at radius 1 is 1.47 bits per heavy atom. The Bertz CT molecular complexity index is 536. The van der Waals surface area contributed by atoms with Gasteiger partial charge in [0.2, 0.25) is 0 Å². The van der Waals surface area contributed by atoms with Crippen molar-refractivity contribution in [2.75, 3.05) is 0 Å². The van der Waals surface area contributed by atoms with Gasteiger partial charge in [0.15, 0.2) is 0 Å². The average molecular weight is 247 g/mol. The minimum atomic E-state index is -0.434. The number of nitrogens with two attached hydrogens (primary N) is 1. The molecule has 0 aliphatic rings. The van der Waals surface area contributed by atoms with Gasteiger partial charge in [-0.2, -0.15) is 0 Å². The lowest BCUT2D eigenvalue weighted by Gasteiger charge is -2.00. The molecule has 0 fully saturated rings. The molecule has 0 bridgehead atoms. The summed E-state index contributed by atoms with van der Waals surface area (Å²) in [7, 11) is 0. The quantitative estimate of drug-likeness (QED) is 0.901. The summed E-state index contributed by atoms with van der Waals surface area (Å²) >= 11 is 1.31. The van der Waals surface area contributed by atoms with Crippen LogP contribution in [0.25, 0.3) is 10.6 Å². The molecule has 0 spiro atoms. The molecular weight excluding hydrogens is 234 g/mol. The molecule has 0 aliphatic heterocycles. The summed E-state index contributed by atoms with van der Waals surface area (Å²) in [6, 6.07) is 3.90. The van der Waals surface area contributed by atoms with E-state index in [-0.39, 0.29) is 0 Å². The third-order valence-electron chi connectivity index (χ3n) is 2.32. The van der Waals surface area contributed by atoms with Crippen LogP contribution in [0.3, 0.4) is 0 Å². The van der Waals surface area contributed by atoms with Crippen LogP contribution in [0, 0.1) is 0 Å². The predicted octanol–water partition coefficient (Wildman–Crippen LogP) is 2.26. The van der Waals surface area contributed by atoms with Crippen LogP contribution < -0.4 is 5.73 Å². The molecule has 2 aromatic heterocycles. The SMILES string of the molecule is CCCc1cc(-c2ncc(C(N)=O)s2)ccn1. The number of aromatic nitrogens is 2. The fraction of sp³-hybridized carbons (Fsp3) is 0.250. The van der Waals surface area contributed by atoms with Gasteiger partial charge < -0.3 is 5.73 Å². The van der Waals surface area contributed by atoms with Gasteiger partial charge in [-0.1, -0.05) is 13.3 Å². The second-order valence-corrected chi connectivity index (χ2v) is 4.71. The second-order valence-electron chi connectivity index (χ2n) is 3.68. The van der Waals surface area contributed by atoms with Gasteiger partial charge in [0.05, 0.1) is 6.20 Å². The van der Waals surface area contributed by atoms with Gasteiger partial charge in [0.25, 0.3) is 5.91 Å². The van der Waals surface area contributed by atoms with Crippen LogP contribution in [0.5, 0.6) is 0 Å². The first-order valence-corrected chi connectivity index (χ1v) is 6.23. The summed E-state index contributed by atoms with van der Waals surface area (Å²) in [6.45, 7) is 2.11. The van der Waals surface area contributed by atoms with Gasteiger partial charge in [-0.3, -0.25) is 9.78 Å². The highest BCUT2D eigenvalue weighted by Gasteiger charge is 2.09. The van der Waals surface area contributed by atoms with E-state index in [1.54, 1.807) is 6.20 Å². The number of thiazole rings is 1. The number of rotatable bonds is 4. The van der Waals surface area contributed by atoms with E-state index in [2.05, 4.69) is 16.9 Å². The molecule has 0 radical (unpaired) electrons. The minimum Gasteiger partial charge on any atom is -0.365 e. The van der Waals surface area contributed by atoms with Crippen molar-refractivity contribution in [3.63, 3.8) is 0 Å². The Balaban J connectivity index is 2.31. The molecule has 5 heteroatoms. The highest BCUT2D eigenvalue weighted by molar-refractivity contribution is 7.16. The molecule has 1 amide bonds. The first kappa shape index (κ1) is 11.7. The van der Waals surface area contributed by atoms with Crippen LogP contribution >= 0.6 is 11.3 Å². The monoisotopic (exact) mass is 247 g/mol. The van der Waals surface area contributed by atoms with Crippen LogP contribution in [-0.4, -0.2) is 15.9 Å². The number of amides is 1. The lowest BCUT2D eigenvalue weighted by Crippen LogP contribution is -2.08. The lowest BCUT2D eigenvalue weighted by molar-refractivity contribution is 0.100. The van der Waals surface area contributed by atoms with E-state index in [0.717, 1.165) is 29.1 Å². The van der Waals surface area contributed by atoms with Crippen molar-refractivity contribution in [3.8, 4) is 10.6 Å². The molecule has 2 rings (SSSR count). The first-order chi connectivity index (χ1) is 8.20. The van der Waals surface area contributed by atoms with Gasteiger partial charge in [0, 0.05) is 17.5 Å². The topological polar surface area (TPSA) is 68.9 Å². The number of hydrogen-bond donors (Lipinski definition) is 1. The molecular formula is C12H13N3OS. The summed E-state index contributed by atoms with van der Waals surface area (Å²) in [5.74, 6) is -0.434. The fourth-order valence-corrected chi connectivity index (χ4v) is 2.29. The highest BCUT2D eigenvalue weighted by Crippen LogP contribution is 2.25. The zero-order valence-electron chi connectivity index (χ0n) is 9.51. The predicted molar refractivity (Wildman–Crippen MR) is 67.9 cm³/mol. The molecule has 17 heavy (non-hydrogen) atoms. The largest absolute Gasteiger partial charge is 0.365 e. The Morgan fingerprint density at radius 2 is 2.29 bits per heavy atom. The second kappa shape index (κ2) is 5.05. The van der Waals surface area contributed by atoms with Gasteiger partial charge >= 0.3 is 0 Å². The third-order valence-corrected chi connectivity index (χ3v) is 3.38. The molecule has 0 aromatic carbocycles. The Morgan fingerprint density at radius 3 is 2.94 bits per heavy atom. The summed E-state index contributed by atoms with van der Waals surface area (Å²) < 4.78 is 0. The van der Waals surface area contributed by atoms with E-state index in [0.29, 0.717) is 4.88 Å². The van der Waals surface area contributed by atoms with Crippen molar-refractivity contribution >= 4 is 17.2 Å². The maximum atomic E-state index is 11.0. The molecule has 2 N–H and O–H groups in total. The molecule has 0 aliphatic carbocycles. The number of carbonyl (C=O) groups excluding carboxylic acids is 1. The van der Waals surface area contributed by atoms with Crippen molar-refractivity contribution in [2.45, 2.75) is 19.8 Å². The maximum Gasteiger partial charge on any atom is 0.260 e. The van der Waals surface area contributed by atoms with Crippen LogP contribution in [0.4, 0.5) is 0 Å². The highest BCUT2D eigenvalue weighted by atomic mass is 32.1. The summed E-state index contributed by atoms with van der Waals surface area (Å²) in [4.78, 5) is 20.0. The standard InChI is InChI=1S/C12H13N3OS/c1-2-3-9-6-8(4-5-14-9)12-15-7-10(17-12)11(13)16/h4-7H,2-3H2,1H3,(H2,13,16). The minimum absolute atomic E-state index is 0.434. The molecule has 0 saturated carbocycles. The van der Waals surface area contributed by atoms with E-state index < -0.39 is 5.91 Å². The van der Waals surface area contributed by atoms with Gasteiger partial charge in [0.1, 0.15) is 9.88 Å². The molecule has 4 nitrogen and oxygen atoms in total. The number of primary amides is 1. The smallest absolute Gasteiger partial charge is 0.260 e. The molecule has 0 unspecified atom stereocenters. The van der Waals surface area contributed by atoms with Crippen molar-refractivity contribution in [3.05, 3.63) is 35.1 Å². The average Bonchev–Trinajstić information content (AvgIpc) is 2.79. The van der Waals surface area contributed by atoms with Crippen LogP contribution in [0.15, 0.2) is 24.5 Å². The van der Waals surface area contributed by atoms with E-state index in [1.807, 2.05) is 12.1 Å². The number of aryl methyl sites for hydroxylation is 1. The Hall–Kier alpha value is -1.75. The maximum absolute atomic E-state index is 11.0. The zero-order valence-corrected chi connectivity index (χ0v) is 10.3. The molecule has 2 aromatic rings. The lowest BCUT2D eigenvalue weighted by atomic mass is 10.2. The van der Waals surface area contributed by atoms with Crippen LogP contribution in [0.2, 0.25) is 0 Å². The van der Waals surface area contributed by atoms with Gasteiger partial charge in [-0.05, 0) is 18.6 Å². The molecule has 0 saturated heterocycles. The van der Waals surface area contributed by atoms with E-state index in [1.165, 1.54) is 17.5 Å². The molecule has 2 heterocycles. The number of nitrogens with zero attached hydrogens (tertiary/aromatic N) is 2. The zero-order chi connectivity index (χ0) is 12.3. The van der Waals surface area contributed by atoms with Crippen molar-refractivity contribution < 1.29 is 4.79 Å². The number of pyridine rings is 1. The van der Waals surface area contributed by atoms with Gasteiger partial charge in [-0.25, -0.2) is 4.98 Å². The first-order valence-electron chi connectivity index (χ1n) is 5.41. The molecule has 0 atom stereocenters. The van der Waals surface area contributed by atoms with Gasteiger partial charge in [-0.15, -0.1) is 11.3 Å². The Labute approximate surface area is 104 Å². The third kappa shape index (κ3) is 2.68. The summed E-state index contributed by atoms with van der Waals surface area (Å²) in [5, 5.41) is 0.804. The van der Waals surface area contributed by atoms with Crippen molar-refractivity contribution in [1.82, 2.24) is 9.97 Å². The Kier molecular flexibility index (Phi) is 3.49. The van der Waals surface area contributed by atoms with E-state index >= 15 is 0 Å². The van der Waals surface area contributed by atoms with Crippen LogP contribution in [-0.2, 0) is 6.42 Å². The van der Waals surface area contributed by atoms with Crippen LogP contribution in [0.1, 0.15) is 28.7 Å².